The third-order valence-electron chi connectivity index (χ3n) is 14.1. The van der Waals surface area contributed by atoms with Crippen molar-refractivity contribution >= 4 is 0 Å². The molecule has 5 nitrogen and oxygen atoms in total. The molecule has 2 N–H and O–H groups in total. The van der Waals surface area contributed by atoms with Gasteiger partial charge >= 0.3 is 0 Å². The smallest absolute Gasteiger partial charge is 0.165 e. The standard InChI is InChI=1S/C39H68N3O2.U/c1-28(2)8-6-9-29(3)32-13-14-34-33-12-11-30-26-31(44-36(43)27-40-20-21-42-24-22-41(5)23-25-42)15-17-38(30,4)35(33)10-7-16-39(18-19-39)37(32)34;/h11,20,28-29,31-37,40,43H,6-10,12-19,21-27H2,1-5H3;/q-1;/t29-,31?,32-,33?,34?,35?,36?,37?,38+;/m1./s1. The third-order valence-corrected chi connectivity index (χ3v) is 14.1. The third kappa shape index (κ3) is 8.49. The van der Waals surface area contributed by atoms with Crippen LogP contribution >= 0.6 is 0 Å². The SMILES string of the molecule is CC(C)CCC[C@@H](C)[C@H]1CCC2C3CC=C4CC(OC(O)CN[CH-]CN5CCN(C)CC5)CC[C@]4(C)C3CCCC3(CC3)C21.[U]. The molecule has 6 heteroatoms. The van der Waals surface area contributed by atoms with E-state index in [4.69, 9.17) is 4.74 Å². The molecule has 5 aliphatic carbocycles. The van der Waals surface area contributed by atoms with Crippen LogP contribution in [-0.4, -0.2) is 73.6 Å². The van der Waals surface area contributed by atoms with Crippen LogP contribution in [0.3, 0.4) is 0 Å². The average Bonchev–Trinajstić information content (AvgIpc) is 3.64. The van der Waals surface area contributed by atoms with E-state index >= 15 is 0 Å². The Kier molecular flexibility index (Phi) is 13.2. The van der Waals surface area contributed by atoms with Crippen molar-refractivity contribution in [3.05, 3.63) is 18.2 Å². The van der Waals surface area contributed by atoms with Gasteiger partial charge in [0.05, 0.1) is 6.10 Å². The van der Waals surface area contributed by atoms with Crippen molar-refractivity contribution < 1.29 is 41.0 Å². The fourth-order valence-electron chi connectivity index (χ4n) is 11.4. The predicted octanol–water partition coefficient (Wildman–Crippen LogP) is 7.51. The molecular weight excluding hydrogens is 780 g/mol. The maximum absolute atomic E-state index is 10.8. The summed E-state index contributed by atoms with van der Waals surface area (Å²) in [5, 5.41) is 14.1. The van der Waals surface area contributed by atoms with Crippen molar-refractivity contribution in [2.75, 3.05) is 46.3 Å². The number of nitrogens with zero attached hydrogens (tertiary/aromatic N) is 2. The van der Waals surface area contributed by atoms with E-state index in [0.717, 1.165) is 87.0 Å². The van der Waals surface area contributed by atoms with E-state index in [9.17, 15) is 5.11 Å². The van der Waals surface area contributed by atoms with E-state index < -0.39 is 6.29 Å². The number of nitrogens with one attached hydrogen (secondary N) is 1. The van der Waals surface area contributed by atoms with Crippen molar-refractivity contribution in [1.82, 2.24) is 15.1 Å². The zero-order chi connectivity index (χ0) is 30.9. The minimum Gasteiger partial charge on any atom is -0.465 e. The van der Waals surface area contributed by atoms with Crippen LogP contribution in [-0.2, 0) is 4.74 Å². The molecule has 0 bridgehead atoms. The predicted molar refractivity (Wildman–Crippen MR) is 182 cm³/mol. The monoisotopic (exact) mass is 849 g/mol. The number of fused-ring (bicyclic) bond motifs is 6. The second kappa shape index (κ2) is 16.1. The Morgan fingerprint density at radius 3 is 2.51 bits per heavy atom. The van der Waals surface area contributed by atoms with Gasteiger partial charge in [-0.1, -0.05) is 65.0 Å². The van der Waals surface area contributed by atoms with Gasteiger partial charge in [0.25, 0.3) is 0 Å². The van der Waals surface area contributed by atoms with Gasteiger partial charge in [-0.3, -0.25) is 6.54 Å². The average molecular weight is 849 g/mol. The second-order valence-corrected chi connectivity index (χ2v) is 17.3. The van der Waals surface area contributed by atoms with Gasteiger partial charge in [-0.15, -0.1) is 6.54 Å². The minimum absolute atomic E-state index is 0. The zero-order valence-corrected chi connectivity index (χ0v) is 33.9. The molecule has 5 fully saturated rings. The summed E-state index contributed by atoms with van der Waals surface area (Å²) < 4.78 is 6.28. The van der Waals surface area contributed by atoms with Crippen LogP contribution in [0.5, 0.6) is 0 Å². The van der Waals surface area contributed by atoms with Crippen molar-refractivity contribution in [2.24, 2.45) is 52.3 Å². The van der Waals surface area contributed by atoms with Crippen molar-refractivity contribution in [3.8, 4) is 0 Å². The number of allylic oxidation sites excluding steroid dienone is 1. The summed E-state index contributed by atoms with van der Waals surface area (Å²) >= 11 is 0. The van der Waals surface area contributed by atoms with Gasteiger partial charge in [-0.2, -0.15) is 0 Å². The molecule has 45 heavy (non-hydrogen) atoms. The number of aliphatic hydroxyl groups excluding tert-OH is 1. The van der Waals surface area contributed by atoms with Gasteiger partial charge in [-0.05, 0) is 124 Å². The van der Waals surface area contributed by atoms with Gasteiger partial charge in [-0.25, -0.2) is 0 Å². The molecule has 1 heterocycles. The van der Waals surface area contributed by atoms with E-state index in [1.165, 1.54) is 77.0 Å². The van der Waals surface area contributed by atoms with Crippen LogP contribution in [0.1, 0.15) is 118 Å². The van der Waals surface area contributed by atoms with Crippen molar-refractivity contribution in [2.45, 2.75) is 130 Å². The summed E-state index contributed by atoms with van der Waals surface area (Å²) in [7, 11) is 2.19. The molecule has 4 saturated carbocycles. The molecule has 0 aromatic rings. The molecule has 1 aliphatic heterocycles. The Hall–Kier alpha value is 0.592. The molecule has 6 unspecified atom stereocenters. The first-order chi connectivity index (χ1) is 21.2. The van der Waals surface area contributed by atoms with E-state index in [0.29, 0.717) is 17.4 Å². The van der Waals surface area contributed by atoms with Crippen LogP contribution in [0.4, 0.5) is 0 Å². The topological polar surface area (TPSA) is 48.0 Å². The molecule has 0 radical (unpaired) electrons. The van der Waals surface area contributed by atoms with Gasteiger partial charge < -0.3 is 25.0 Å². The number of hydrogen-bond donors (Lipinski definition) is 2. The summed E-state index contributed by atoms with van der Waals surface area (Å²) in [5.74, 6) is 6.42. The molecule has 0 aromatic heterocycles. The van der Waals surface area contributed by atoms with Crippen molar-refractivity contribution in [1.29, 1.82) is 0 Å². The van der Waals surface area contributed by atoms with Crippen LogP contribution < -0.4 is 5.32 Å². The quantitative estimate of drug-likeness (QED) is 0.0923. The largest absolute Gasteiger partial charge is 0.465 e. The first-order valence-corrected chi connectivity index (χ1v) is 19.2. The Morgan fingerprint density at radius 2 is 1.78 bits per heavy atom. The van der Waals surface area contributed by atoms with E-state index in [2.05, 4.69) is 62.5 Å². The molecule has 6 rings (SSSR count). The Labute approximate surface area is 301 Å². The number of rotatable bonds is 12. The van der Waals surface area contributed by atoms with Crippen LogP contribution in [0.15, 0.2) is 11.6 Å². The summed E-state index contributed by atoms with van der Waals surface area (Å²) in [5.41, 5.74) is 2.72. The molecule has 9 atom stereocenters. The fraction of sp³-hybridized carbons (Fsp3) is 0.923. The molecule has 0 amide bonds. The van der Waals surface area contributed by atoms with E-state index in [1.54, 1.807) is 5.57 Å². The summed E-state index contributed by atoms with van der Waals surface area (Å²) in [6, 6.07) is 0. The summed E-state index contributed by atoms with van der Waals surface area (Å²) in [6.45, 7) is 18.1. The maximum Gasteiger partial charge on any atom is 0.165 e. The summed E-state index contributed by atoms with van der Waals surface area (Å²) in [6.07, 6.45) is 21.5. The van der Waals surface area contributed by atoms with Crippen LogP contribution in [0.25, 0.3) is 0 Å². The van der Waals surface area contributed by atoms with E-state index in [1.807, 2.05) is 0 Å². The minimum atomic E-state index is -0.736. The number of hydrogen-bond acceptors (Lipinski definition) is 5. The Bertz CT molecular complexity index is 962. The fourth-order valence-corrected chi connectivity index (χ4v) is 11.4. The van der Waals surface area contributed by atoms with Gasteiger partial charge in [0.1, 0.15) is 0 Å². The Balaban J connectivity index is 0.00000400. The molecule has 6 aliphatic rings. The normalized spacial score (nSPS) is 37.9. The molecule has 1 saturated heterocycles. The summed E-state index contributed by atoms with van der Waals surface area (Å²) in [4.78, 5) is 4.85. The van der Waals surface area contributed by atoms with E-state index in [-0.39, 0.29) is 37.2 Å². The molecule has 1 spiro atoms. The first-order valence-electron chi connectivity index (χ1n) is 19.2. The van der Waals surface area contributed by atoms with Crippen LogP contribution in [0.2, 0.25) is 0 Å². The number of likely N-dealkylation sites (N-methyl/N-ethyl adjacent to an activating group) is 1. The van der Waals surface area contributed by atoms with Crippen molar-refractivity contribution in [3.63, 3.8) is 0 Å². The first kappa shape index (κ1) is 36.9. The Morgan fingerprint density at radius 1 is 1.00 bits per heavy atom. The maximum atomic E-state index is 10.8. The number of piperazine rings is 1. The molecule has 256 valence electrons. The zero-order valence-electron chi connectivity index (χ0n) is 29.7. The molecular formula is C39H68N3O2U-. The number of aliphatic hydroxyl groups is 1. The second-order valence-electron chi connectivity index (χ2n) is 17.3. The van der Waals surface area contributed by atoms with Crippen LogP contribution in [0, 0.1) is 89.9 Å². The van der Waals surface area contributed by atoms with Gasteiger partial charge in [0, 0.05) is 63.8 Å². The van der Waals surface area contributed by atoms with Gasteiger partial charge in [0.15, 0.2) is 6.29 Å². The van der Waals surface area contributed by atoms with Gasteiger partial charge in [0.2, 0.25) is 0 Å². The molecule has 0 aromatic carbocycles. The number of ether oxygens (including phenoxy) is 1.